The minimum absolute atomic E-state index is 0.0357. The summed E-state index contributed by atoms with van der Waals surface area (Å²) in [7, 11) is 0. The van der Waals surface area contributed by atoms with Crippen molar-refractivity contribution in [2.45, 2.75) is 70.9 Å². The number of hydrogen-bond acceptors (Lipinski definition) is 0. The molecule has 0 heterocycles. The first-order valence-corrected chi connectivity index (χ1v) is 10.1. The Balaban J connectivity index is 1.75. The lowest BCUT2D eigenvalue weighted by atomic mass is 9.79. The van der Waals surface area contributed by atoms with Crippen molar-refractivity contribution in [3.05, 3.63) is 53.4 Å². The normalized spacial score (nSPS) is 21.4. The van der Waals surface area contributed by atoms with E-state index in [1.54, 1.807) is 6.07 Å². The van der Waals surface area contributed by atoms with E-state index in [2.05, 4.69) is 19.1 Å². The molecule has 1 aromatic carbocycles. The van der Waals surface area contributed by atoms with Gasteiger partial charge in [0.05, 0.1) is 0 Å². The summed E-state index contributed by atoms with van der Waals surface area (Å²) in [5.41, 5.74) is 0.774. The van der Waals surface area contributed by atoms with Crippen LogP contribution in [0.2, 0.25) is 0 Å². The molecule has 1 fully saturated rings. The molecule has 0 radical (unpaired) electrons. The lowest BCUT2D eigenvalue weighted by molar-refractivity contribution is -0.0790. The number of halogens is 4. The van der Waals surface area contributed by atoms with Crippen LogP contribution in [0.1, 0.15) is 69.4 Å². The molecule has 4 heteroatoms. The summed E-state index contributed by atoms with van der Waals surface area (Å²) in [6, 6.07) is 4.45. The summed E-state index contributed by atoms with van der Waals surface area (Å²) >= 11 is 0. The van der Waals surface area contributed by atoms with Gasteiger partial charge in [-0.2, -0.15) is 13.2 Å². The van der Waals surface area contributed by atoms with E-state index in [0.29, 0.717) is 12.3 Å². The largest absolute Gasteiger partial charge is 0.409 e. The second-order valence-corrected chi connectivity index (χ2v) is 7.62. The minimum Gasteiger partial charge on any atom is -0.206 e. The number of benzene rings is 1. The fourth-order valence-corrected chi connectivity index (χ4v) is 3.75. The zero-order valence-electron chi connectivity index (χ0n) is 16.1. The summed E-state index contributed by atoms with van der Waals surface area (Å²) in [4.78, 5) is 0. The van der Waals surface area contributed by atoms with E-state index in [4.69, 9.17) is 0 Å². The maximum atomic E-state index is 13.9. The Morgan fingerprint density at radius 3 is 2.48 bits per heavy atom. The Labute approximate surface area is 160 Å². The Hall–Kier alpha value is -1.58. The van der Waals surface area contributed by atoms with Gasteiger partial charge >= 0.3 is 6.18 Å². The van der Waals surface area contributed by atoms with Crippen LogP contribution < -0.4 is 0 Å². The van der Waals surface area contributed by atoms with Crippen LogP contribution in [-0.2, 0) is 6.42 Å². The minimum atomic E-state index is -4.43. The molecule has 27 heavy (non-hydrogen) atoms. The van der Waals surface area contributed by atoms with Crippen molar-refractivity contribution >= 4 is 6.08 Å². The zero-order chi connectivity index (χ0) is 19.7. The number of rotatable bonds is 8. The third kappa shape index (κ3) is 8.32. The summed E-state index contributed by atoms with van der Waals surface area (Å²) in [6.07, 6.45) is 11.6. The van der Waals surface area contributed by atoms with E-state index < -0.39 is 12.0 Å². The highest BCUT2D eigenvalue weighted by atomic mass is 19.4. The van der Waals surface area contributed by atoms with E-state index in [0.717, 1.165) is 24.0 Å². The van der Waals surface area contributed by atoms with Crippen molar-refractivity contribution in [3.63, 3.8) is 0 Å². The third-order valence-electron chi connectivity index (χ3n) is 5.38. The second-order valence-electron chi connectivity index (χ2n) is 7.62. The van der Waals surface area contributed by atoms with E-state index in [1.165, 1.54) is 57.1 Å². The Bertz CT molecular complexity index is 620. The molecule has 2 rings (SSSR count). The van der Waals surface area contributed by atoms with Gasteiger partial charge in [0.1, 0.15) is 5.82 Å². The number of aryl methyl sites for hydroxylation is 1. The Morgan fingerprint density at radius 2 is 1.85 bits per heavy atom. The molecular weight excluding hydrogens is 352 g/mol. The second kappa shape index (κ2) is 10.7. The SMILES string of the molecule is CCCCC1CCC(/C=C/CCc2ccc(/C=C/C(F)(F)F)c(F)c2)CC1. The molecule has 0 saturated heterocycles. The summed E-state index contributed by atoms with van der Waals surface area (Å²) in [6.45, 7) is 2.24. The van der Waals surface area contributed by atoms with Crippen molar-refractivity contribution in [1.29, 1.82) is 0 Å². The molecule has 1 aromatic rings. The van der Waals surface area contributed by atoms with Crippen LogP contribution in [0.4, 0.5) is 17.6 Å². The molecule has 0 N–H and O–H groups in total. The van der Waals surface area contributed by atoms with Gasteiger partial charge in [-0.25, -0.2) is 4.39 Å². The number of allylic oxidation sites excluding steroid dienone is 3. The molecule has 1 aliphatic carbocycles. The van der Waals surface area contributed by atoms with E-state index in [9.17, 15) is 17.6 Å². The summed E-state index contributed by atoms with van der Waals surface area (Å²) in [5, 5.41) is 0. The van der Waals surface area contributed by atoms with E-state index in [-0.39, 0.29) is 11.6 Å². The van der Waals surface area contributed by atoms with Crippen LogP contribution in [0.5, 0.6) is 0 Å². The third-order valence-corrected chi connectivity index (χ3v) is 5.38. The first-order valence-electron chi connectivity index (χ1n) is 10.1. The van der Waals surface area contributed by atoms with Crippen molar-refractivity contribution in [1.82, 2.24) is 0 Å². The lowest BCUT2D eigenvalue weighted by Gasteiger charge is -2.26. The van der Waals surface area contributed by atoms with Crippen LogP contribution in [0, 0.1) is 17.7 Å². The molecule has 0 bridgehead atoms. The monoisotopic (exact) mass is 382 g/mol. The van der Waals surface area contributed by atoms with Crippen LogP contribution in [0.15, 0.2) is 36.4 Å². The van der Waals surface area contributed by atoms with Gasteiger partial charge in [0.15, 0.2) is 0 Å². The summed E-state index contributed by atoms with van der Waals surface area (Å²) < 4.78 is 50.4. The average Bonchev–Trinajstić information content (AvgIpc) is 2.63. The molecule has 0 amide bonds. The smallest absolute Gasteiger partial charge is 0.206 e. The quantitative estimate of drug-likeness (QED) is 0.317. The molecular formula is C23H30F4. The van der Waals surface area contributed by atoms with Gasteiger partial charge in [-0.3, -0.25) is 0 Å². The molecule has 0 nitrogen and oxygen atoms in total. The maximum absolute atomic E-state index is 13.9. The Kier molecular flexibility index (Phi) is 8.59. The van der Waals surface area contributed by atoms with Gasteiger partial charge in [0.25, 0.3) is 0 Å². The average molecular weight is 382 g/mol. The van der Waals surface area contributed by atoms with Crippen molar-refractivity contribution in [3.8, 4) is 0 Å². The molecule has 0 aromatic heterocycles. The topological polar surface area (TPSA) is 0 Å². The van der Waals surface area contributed by atoms with Gasteiger partial charge in [0, 0.05) is 11.6 Å². The summed E-state index contributed by atoms with van der Waals surface area (Å²) in [5.74, 6) is 0.958. The van der Waals surface area contributed by atoms with Crippen molar-refractivity contribution in [2.75, 3.05) is 0 Å². The predicted molar refractivity (Wildman–Crippen MR) is 104 cm³/mol. The van der Waals surface area contributed by atoms with Gasteiger partial charge in [0.2, 0.25) is 0 Å². The number of hydrogen-bond donors (Lipinski definition) is 0. The zero-order valence-corrected chi connectivity index (χ0v) is 16.1. The van der Waals surface area contributed by atoms with Crippen molar-refractivity contribution in [2.24, 2.45) is 11.8 Å². The molecule has 0 aliphatic heterocycles. The van der Waals surface area contributed by atoms with Gasteiger partial charge in [-0.05, 0) is 68.1 Å². The highest BCUT2D eigenvalue weighted by molar-refractivity contribution is 5.51. The molecule has 1 saturated carbocycles. The van der Waals surface area contributed by atoms with Crippen molar-refractivity contribution < 1.29 is 17.6 Å². The first-order chi connectivity index (χ1) is 12.9. The van der Waals surface area contributed by atoms with Gasteiger partial charge in [-0.15, -0.1) is 0 Å². The standard InChI is InChI=1S/C23H30F4/c1-2-3-6-18-9-11-19(12-10-18)7-4-5-8-20-13-14-21(22(24)17-20)15-16-23(25,26)27/h4,7,13-19H,2-3,5-6,8-12H2,1H3/b7-4+,16-15+. The molecule has 0 spiro atoms. The van der Waals surface area contributed by atoms with Crippen LogP contribution in [-0.4, -0.2) is 6.18 Å². The van der Waals surface area contributed by atoms with Crippen LogP contribution in [0.3, 0.4) is 0 Å². The highest BCUT2D eigenvalue weighted by Gasteiger charge is 2.22. The fourth-order valence-electron chi connectivity index (χ4n) is 3.75. The molecule has 150 valence electrons. The molecule has 0 atom stereocenters. The van der Waals surface area contributed by atoms with Gasteiger partial charge < -0.3 is 0 Å². The lowest BCUT2D eigenvalue weighted by Crippen LogP contribution is -2.12. The van der Waals surface area contributed by atoms with Crippen LogP contribution in [0.25, 0.3) is 6.08 Å². The first kappa shape index (κ1) is 21.7. The van der Waals surface area contributed by atoms with Crippen LogP contribution >= 0.6 is 0 Å². The van der Waals surface area contributed by atoms with Gasteiger partial charge in [-0.1, -0.05) is 50.5 Å². The molecule has 0 unspecified atom stereocenters. The highest BCUT2D eigenvalue weighted by Crippen LogP contribution is 2.32. The molecule has 1 aliphatic rings. The number of unbranched alkanes of at least 4 members (excludes halogenated alkanes) is 1. The maximum Gasteiger partial charge on any atom is 0.409 e. The number of alkyl halides is 3. The van der Waals surface area contributed by atoms with E-state index >= 15 is 0 Å². The van der Waals surface area contributed by atoms with E-state index in [1.807, 2.05) is 0 Å². The Morgan fingerprint density at radius 1 is 1.11 bits per heavy atom. The predicted octanol–water partition coefficient (Wildman–Crippen LogP) is 7.89. The fraction of sp³-hybridized carbons (Fsp3) is 0.565.